The van der Waals surface area contributed by atoms with Gasteiger partial charge in [0.25, 0.3) is 0 Å². The van der Waals surface area contributed by atoms with Crippen molar-refractivity contribution in [1.82, 2.24) is 9.97 Å². The Kier molecular flexibility index (Phi) is 3.42. The van der Waals surface area contributed by atoms with Crippen molar-refractivity contribution in [2.75, 3.05) is 6.67 Å². The molecular formula is C5H6N6. The summed E-state index contributed by atoms with van der Waals surface area (Å²) in [5.74, 6) is 0. The van der Waals surface area contributed by atoms with Crippen LogP contribution in [0.3, 0.4) is 0 Å². The second-order valence-corrected chi connectivity index (χ2v) is 1.51. The lowest BCUT2D eigenvalue weighted by molar-refractivity contribution is 1.05. The van der Waals surface area contributed by atoms with Gasteiger partial charge in [-0.25, -0.2) is 9.97 Å². The van der Waals surface area contributed by atoms with Gasteiger partial charge in [-0.05, 0) is 16.5 Å². The van der Waals surface area contributed by atoms with Gasteiger partial charge in [0.1, 0.15) is 6.33 Å². The molecular weight excluding hydrogens is 144 g/mol. The Bertz CT molecular complexity index is 193. The first-order valence-corrected chi connectivity index (χ1v) is 2.93. The second kappa shape index (κ2) is 5.10. The fraction of sp³-hybridized carbons (Fsp3) is 0.200. The van der Waals surface area contributed by atoms with Gasteiger partial charge in [0.2, 0.25) is 0 Å². The number of rotatable bonds is 0. The predicted octanol–water partition coefficient (Wildman–Crippen LogP) is 1.25. The Morgan fingerprint density at radius 2 is 1.55 bits per heavy atom. The highest BCUT2D eigenvalue weighted by molar-refractivity contribution is 4.74. The third-order valence-corrected chi connectivity index (χ3v) is 0.771. The third kappa shape index (κ3) is 3.79. The molecule has 1 aromatic heterocycles. The Hall–Kier alpha value is -1.72. The molecule has 2 heterocycles. The highest BCUT2D eigenvalue weighted by atomic mass is 15.5. The molecule has 6 nitrogen and oxygen atoms in total. The summed E-state index contributed by atoms with van der Waals surface area (Å²) in [7, 11) is 0. The zero-order valence-corrected chi connectivity index (χ0v) is 5.70. The summed E-state index contributed by atoms with van der Waals surface area (Å²) >= 11 is 0. The maximum Gasteiger partial charge on any atom is 0.175 e. The first-order valence-electron chi connectivity index (χ1n) is 2.93. The zero-order chi connectivity index (χ0) is 7.78. The lowest BCUT2D eigenvalue weighted by Gasteiger charge is -1.70. The Morgan fingerprint density at radius 1 is 0.909 bits per heavy atom. The Labute approximate surface area is 63.1 Å². The fourth-order valence-electron chi connectivity index (χ4n) is 0.395. The van der Waals surface area contributed by atoms with Crippen molar-refractivity contribution in [2.24, 2.45) is 20.7 Å². The molecule has 2 rings (SSSR count). The minimum Gasteiger partial charge on any atom is -0.245 e. The molecule has 0 aliphatic carbocycles. The summed E-state index contributed by atoms with van der Waals surface area (Å²) in [4.78, 5) is 7.35. The highest BCUT2D eigenvalue weighted by Crippen LogP contribution is 1.87. The molecule has 0 spiro atoms. The van der Waals surface area contributed by atoms with Gasteiger partial charge in [-0.15, -0.1) is 10.2 Å². The quantitative estimate of drug-likeness (QED) is 0.558. The van der Waals surface area contributed by atoms with Crippen molar-refractivity contribution < 1.29 is 0 Å². The van der Waals surface area contributed by atoms with Gasteiger partial charge in [0, 0.05) is 12.4 Å². The standard InChI is InChI=1S/C4H4N2.CH2N4/c1-2-5-4-6-3-1;1-2-4-5-3-1/h1-4H;1H2. The molecule has 0 saturated heterocycles. The summed E-state index contributed by atoms with van der Waals surface area (Å²) in [5, 5.41) is 13.1. The summed E-state index contributed by atoms with van der Waals surface area (Å²) in [6.45, 7) is 0.417. The summed E-state index contributed by atoms with van der Waals surface area (Å²) < 4.78 is 0. The largest absolute Gasteiger partial charge is 0.245 e. The average molecular weight is 150 g/mol. The maximum absolute atomic E-state index is 3.67. The van der Waals surface area contributed by atoms with Crippen LogP contribution >= 0.6 is 0 Å². The monoisotopic (exact) mass is 150 g/mol. The van der Waals surface area contributed by atoms with E-state index in [9.17, 15) is 0 Å². The molecule has 11 heavy (non-hydrogen) atoms. The molecule has 0 aromatic carbocycles. The molecule has 0 N–H and O–H groups in total. The van der Waals surface area contributed by atoms with Crippen LogP contribution in [0.4, 0.5) is 0 Å². The molecule has 0 amide bonds. The minimum absolute atomic E-state index is 0.417. The topological polar surface area (TPSA) is 75.2 Å². The average Bonchev–Trinajstić information content (AvgIpc) is 2.64. The predicted molar refractivity (Wildman–Crippen MR) is 36.6 cm³/mol. The first-order chi connectivity index (χ1) is 5.50. The van der Waals surface area contributed by atoms with E-state index in [1.165, 1.54) is 6.33 Å². The van der Waals surface area contributed by atoms with E-state index in [4.69, 9.17) is 0 Å². The van der Waals surface area contributed by atoms with Crippen LogP contribution in [-0.4, -0.2) is 16.6 Å². The number of nitrogens with zero attached hydrogens (tertiary/aromatic N) is 6. The molecule has 0 saturated carbocycles. The molecule has 6 heteroatoms. The van der Waals surface area contributed by atoms with Crippen LogP contribution in [0.15, 0.2) is 45.5 Å². The number of aromatic nitrogens is 2. The van der Waals surface area contributed by atoms with Gasteiger partial charge < -0.3 is 0 Å². The number of hydrogen-bond acceptors (Lipinski definition) is 6. The molecule has 56 valence electrons. The van der Waals surface area contributed by atoms with Gasteiger partial charge >= 0.3 is 0 Å². The summed E-state index contributed by atoms with van der Waals surface area (Å²) in [5.41, 5.74) is 0. The van der Waals surface area contributed by atoms with E-state index in [2.05, 4.69) is 30.6 Å². The smallest absolute Gasteiger partial charge is 0.175 e. The summed E-state index contributed by atoms with van der Waals surface area (Å²) in [6, 6.07) is 1.78. The van der Waals surface area contributed by atoms with Gasteiger partial charge in [-0.3, -0.25) is 0 Å². The van der Waals surface area contributed by atoms with Crippen molar-refractivity contribution in [3.63, 3.8) is 0 Å². The van der Waals surface area contributed by atoms with E-state index in [0.29, 0.717) is 6.67 Å². The van der Waals surface area contributed by atoms with Gasteiger partial charge in [-0.1, -0.05) is 0 Å². The van der Waals surface area contributed by atoms with E-state index in [1.54, 1.807) is 18.5 Å². The zero-order valence-electron chi connectivity index (χ0n) is 5.70. The van der Waals surface area contributed by atoms with Crippen molar-refractivity contribution in [3.8, 4) is 0 Å². The minimum atomic E-state index is 0.417. The molecule has 1 aliphatic heterocycles. The SMILES string of the molecule is C1N=NN=N1.c1cncnc1. The normalized spacial score (nSPS) is 12.4. The first kappa shape index (κ1) is 7.39. The van der Waals surface area contributed by atoms with E-state index >= 15 is 0 Å². The van der Waals surface area contributed by atoms with E-state index in [1.807, 2.05) is 0 Å². The van der Waals surface area contributed by atoms with Crippen LogP contribution < -0.4 is 0 Å². The van der Waals surface area contributed by atoms with E-state index < -0.39 is 0 Å². The van der Waals surface area contributed by atoms with Crippen LogP contribution in [0.25, 0.3) is 0 Å². The highest BCUT2D eigenvalue weighted by Gasteiger charge is 1.76. The van der Waals surface area contributed by atoms with Gasteiger partial charge in [-0.2, -0.15) is 0 Å². The molecule has 0 fully saturated rings. The van der Waals surface area contributed by atoms with Crippen molar-refractivity contribution in [2.45, 2.75) is 0 Å². The summed E-state index contributed by atoms with van der Waals surface area (Å²) in [6.07, 6.45) is 4.88. The van der Waals surface area contributed by atoms with Gasteiger partial charge in [0.05, 0.1) is 0 Å². The van der Waals surface area contributed by atoms with E-state index in [0.717, 1.165) is 0 Å². The lowest BCUT2D eigenvalue weighted by atomic mass is 10.7. The molecule has 0 radical (unpaired) electrons. The lowest BCUT2D eigenvalue weighted by Crippen LogP contribution is -1.66. The molecule has 0 bridgehead atoms. The van der Waals surface area contributed by atoms with Crippen molar-refractivity contribution in [3.05, 3.63) is 24.8 Å². The van der Waals surface area contributed by atoms with Crippen LogP contribution in [0.1, 0.15) is 0 Å². The third-order valence-electron chi connectivity index (χ3n) is 0.771. The Morgan fingerprint density at radius 3 is 1.73 bits per heavy atom. The van der Waals surface area contributed by atoms with Crippen LogP contribution in [0.2, 0.25) is 0 Å². The van der Waals surface area contributed by atoms with Crippen molar-refractivity contribution in [1.29, 1.82) is 0 Å². The van der Waals surface area contributed by atoms with Crippen LogP contribution in [0.5, 0.6) is 0 Å². The Balaban J connectivity index is 0.000000112. The van der Waals surface area contributed by atoms with E-state index in [-0.39, 0.29) is 0 Å². The van der Waals surface area contributed by atoms with Crippen LogP contribution in [-0.2, 0) is 0 Å². The molecule has 1 aromatic rings. The second-order valence-electron chi connectivity index (χ2n) is 1.51. The number of hydrogen-bond donors (Lipinski definition) is 0. The maximum atomic E-state index is 3.67. The van der Waals surface area contributed by atoms with Crippen molar-refractivity contribution >= 4 is 0 Å². The molecule has 1 aliphatic rings. The fourth-order valence-corrected chi connectivity index (χ4v) is 0.395. The van der Waals surface area contributed by atoms with Gasteiger partial charge in [0.15, 0.2) is 6.67 Å². The van der Waals surface area contributed by atoms with Crippen LogP contribution in [0, 0.1) is 0 Å². The molecule has 0 unspecified atom stereocenters. The molecule has 0 atom stereocenters.